The van der Waals surface area contributed by atoms with Crippen LogP contribution in [0.4, 0.5) is 0 Å². The van der Waals surface area contributed by atoms with Crippen LogP contribution < -0.4 is 4.74 Å². The molecule has 1 aliphatic heterocycles. The van der Waals surface area contributed by atoms with Crippen LogP contribution in [0, 0.1) is 0 Å². The molecular weight excluding hydrogens is 468 g/mol. The first-order chi connectivity index (χ1) is 17.2. The zero-order chi connectivity index (χ0) is 25.9. The summed E-state index contributed by atoms with van der Waals surface area (Å²) < 4.78 is 5.39. The van der Waals surface area contributed by atoms with Gasteiger partial charge < -0.3 is 14.5 Å². The van der Waals surface area contributed by atoms with E-state index in [4.69, 9.17) is 4.74 Å². The number of nitrogens with zero attached hydrogens (tertiary/aromatic N) is 2. The molecule has 0 spiro atoms. The molecule has 0 fully saturated rings. The molecule has 1 aliphatic rings. The largest absolute Gasteiger partial charge is 0.496 e. The molecule has 4 rings (SSSR count). The second-order valence-corrected chi connectivity index (χ2v) is 11.1. The molecule has 0 saturated carbocycles. The fourth-order valence-corrected chi connectivity index (χ4v) is 5.63. The predicted molar refractivity (Wildman–Crippen MR) is 146 cm³/mol. The lowest BCUT2D eigenvalue weighted by molar-refractivity contribution is -0.133. The first kappa shape index (κ1) is 25.7. The van der Waals surface area contributed by atoms with Gasteiger partial charge in [-0.2, -0.15) is 0 Å². The summed E-state index contributed by atoms with van der Waals surface area (Å²) in [5.74, 6) is 0.156. The summed E-state index contributed by atoms with van der Waals surface area (Å²) in [5.41, 5.74) is 4.00. The van der Waals surface area contributed by atoms with Gasteiger partial charge in [0.25, 0.3) is 5.91 Å². The van der Waals surface area contributed by atoms with Crippen molar-refractivity contribution in [3.63, 3.8) is 0 Å². The first-order valence-corrected chi connectivity index (χ1v) is 13.1. The van der Waals surface area contributed by atoms with Crippen LogP contribution in [0.15, 0.2) is 72.6 Å². The number of amides is 2. The van der Waals surface area contributed by atoms with E-state index >= 15 is 0 Å². The quantitative estimate of drug-likeness (QED) is 0.381. The number of hydrogen-bond acceptors (Lipinski definition) is 4. The van der Waals surface area contributed by atoms with Gasteiger partial charge >= 0.3 is 0 Å². The van der Waals surface area contributed by atoms with Gasteiger partial charge in [-0.05, 0) is 52.1 Å². The monoisotopic (exact) mass is 502 g/mol. The fourth-order valence-electron chi connectivity index (χ4n) is 4.73. The van der Waals surface area contributed by atoms with Crippen molar-refractivity contribution in [1.29, 1.82) is 0 Å². The Labute approximate surface area is 218 Å². The fraction of sp³-hybridized carbons (Fsp3) is 0.333. The molecule has 2 aromatic carbocycles. The van der Waals surface area contributed by atoms with Crippen LogP contribution in [-0.4, -0.2) is 48.4 Å². The van der Waals surface area contributed by atoms with Gasteiger partial charge in [-0.3, -0.25) is 9.59 Å². The Morgan fingerprint density at radius 1 is 1.14 bits per heavy atom. The number of carbonyl (C=O) groups is 2. The number of para-hydroxylation sites is 1. The number of carbonyl (C=O) groups excluding carboxylic acids is 2. The summed E-state index contributed by atoms with van der Waals surface area (Å²) in [6, 6.07) is 17.6. The van der Waals surface area contributed by atoms with Crippen LogP contribution >= 0.6 is 11.3 Å². The maximum absolute atomic E-state index is 13.8. The Hall–Kier alpha value is -3.38. The minimum absolute atomic E-state index is 0.0288. The molecule has 1 atom stereocenters. The van der Waals surface area contributed by atoms with Crippen LogP contribution in [-0.2, 0) is 16.6 Å². The van der Waals surface area contributed by atoms with E-state index in [1.807, 2.05) is 11.0 Å². The highest BCUT2D eigenvalue weighted by molar-refractivity contribution is 7.10. The molecule has 0 aliphatic carbocycles. The topological polar surface area (TPSA) is 49.9 Å². The lowest BCUT2D eigenvalue weighted by Gasteiger charge is -2.37. The maximum Gasteiger partial charge on any atom is 0.258 e. The Kier molecular flexibility index (Phi) is 7.65. The van der Waals surface area contributed by atoms with E-state index in [-0.39, 0.29) is 36.4 Å². The van der Waals surface area contributed by atoms with Crippen LogP contribution in [0.5, 0.6) is 5.75 Å². The smallest absolute Gasteiger partial charge is 0.258 e. The molecule has 2 heterocycles. The number of fused-ring (bicyclic) bond motifs is 1. The molecule has 0 saturated heterocycles. The van der Waals surface area contributed by atoms with Gasteiger partial charge in [0, 0.05) is 18.0 Å². The zero-order valence-electron chi connectivity index (χ0n) is 21.5. The van der Waals surface area contributed by atoms with E-state index in [2.05, 4.69) is 63.1 Å². The van der Waals surface area contributed by atoms with Crippen molar-refractivity contribution < 1.29 is 14.3 Å². The standard InChI is InChI=1S/C30H34N2O3S/c1-6-17-31(29(34)23-9-7-8-10-25(23)35-5)20-27(33)32-18-15-26-24(16-19-36-26)28(32)21-11-13-22(14-12-21)30(2,3)4/h6-14,16,19,28H,1,15,17-18,20H2,2-5H3. The number of hydrogen-bond donors (Lipinski definition) is 0. The van der Waals surface area contributed by atoms with Crippen molar-refractivity contribution >= 4 is 23.2 Å². The highest BCUT2D eigenvalue weighted by Gasteiger charge is 2.34. The number of rotatable bonds is 7. The third-order valence-electron chi connectivity index (χ3n) is 6.68. The molecular formula is C30H34N2O3S. The summed E-state index contributed by atoms with van der Waals surface area (Å²) in [6.45, 7) is 11.2. The minimum atomic E-state index is -0.250. The van der Waals surface area contributed by atoms with E-state index < -0.39 is 0 Å². The second-order valence-electron chi connectivity index (χ2n) is 10.1. The summed E-state index contributed by atoms with van der Waals surface area (Å²) in [5, 5.41) is 2.10. The van der Waals surface area contributed by atoms with Crippen LogP contribution in [0.2, 0.25) is 0 Å². The van der Waals surface area contributed by atoms with Gasteiger partial charge in [-0.25, -0.2) is 0 Å². The molecule has 3 aromatic rings. The van der Waals surface area contributed by atoms with Gasteiger partial charge in [0.2, 0.25) is 5.91 Å². The molecule has 0 bridgehead atoms. The summed E-state index contributed by atoms with van der Waals surface area (Å²) in [4.78, 5) is 32.0. The predicted octanol–water partition coefficient (Wildman–Crippen LogP) is 5.86. The lowest BCUT2D eigenvalue weighted by atomic mass is 9.85. The second kappa shape index (κ2) is 10.7. The van der Waals surface area contributed by atoms with Gasteiger partial charge in [0.05, 0.1) is 18.7 Å². The molecule has 6 heteroatoms. The number of ether oxygens (including phenoxy) is 1. The SMILES string of the molecule is C=CCN(CC(=O)N1CCc2sccc2C1c1ccc(C(C)(C)C)cc1)C(=O)c1ccccc1OC. The summed E-state index contributed by atoms with van der Waals surface area (Å²) in [7, 11) is 1.54. The van der Waals surface area contributed by atoms with Gasteiger partial charge in [0.15, 0.2) is 0 Å². The molecule has 5 nitrogen and oxygen atoms in total. The summed E-state index contributed by atoms with van der Waals surface area (Å²) in [6.07, 6.45) is 2.47. The third-order valence-corrected chi connectivity index (χ3v) is 7.68. The van der Waals surface area contributed by atoms with E-state index in [1.54, 1.807) is 35.6 Å². The Morgan fingerprint density at radius 2 is 1.86 bits per heavy atom. The van der Waals surface area contributed by atoms with Crippen LogP contribution in [0.3, 0.4) is 0 Å². The van der Waals surface area contributed by atoms with Crippen molar-refractivity contribution in [2.45, 2.75) is 38.6 Å². The van der Waals surface area contributed by atoms with Crippen molar-refractivity contribution in [2.75, 3.05) is 26.7 Å². The molecule has 1 aromatic heterocycles. The molecule has 0 N–H and O–H groups in total. The highest BCUT2D eigenvalue weighted by Crippen LogP contribution is 2.38. The lowest BCUT2D eigenvalue weighted by Crippen LogP contribution is -2.46. The molecule has 0 radical (unpaired) electrons. The molecule has 1 unspecified atom stereocenters. The summed E-state index contributed by atoms with van der Waals surface area (Å²) >= 11 is 1.74. The van der Waals surface area contributed by atoms with Crippen molar-refractivity contribution in [3.05, 3.63) is 99.8 Å². The maximum atomic E-state index is 13.8. The van der Waals surface area contributed by atoms with Crippen molar-refractivity contribution in [2.24, 2.45) is 0 Å². The van der Waals surface area contributed by atoms with Crippen LogP contribution in [0.1, 0.15) is 58.7 Å². The van der Waals surface area contributed by atoms with E-state index in [1.165, 1.54) is 28.0 Å². The minimum Gasteiger partial charge on any atom is -0.496 e. The number of benzene rings is 2. The Balaban J connectivity index is 1.63. The van der Waals surface area contributed by atoms with Crippen molar-refractivity contribution in [1.82, 2.24) is 9.80 Å². The normalized spacial score (nSPS) is 15.2. The van der Waals surface area contributed by atoms with Gasteiger partial charge in [0.1, 0.15) is 12.3 Å². The van der Waals surface area contributed by atoms with Crippen LogP contribution in [0.25, 0.3) is 0 Å². The van der Waals surface area contributed by atoms with E-state index in [9.17, 15) is 9.59 Å². The zero-order valence-corrected chi connectivity index (χ0v) is 22.3. The van der Waals surface area contributed by atoms with Gasteiger partial charge in [-0.15, -0.1) is 17.9 Å². The third kappa shape index (κ3) is 5.24. The Morgan fingerprint density at radius 3 is 2.53 bits per heavy atom. The van der Waals surface area contributed by atoms with E-state index in [0.29, 0.717) is 17.9 Å². The first-order valence-electron chi connectivity index (χ1n) is 12.2. The van der Waals surface area contributed by atoms with Gasteiger partial charge in [-0.1, -0.05) is 63.2 Å². The van der Waals surface area contributed by atoms with Crippen molar-refractivity contribution in [3.8, 4) is 5.75 Å². The average molecular weight is 503 g/mol. The molecule has 36 heavy (non-hydrogen) atoms. The highest BCUT2D eigenvalue weighted by atomic mass is 32.1. The van der Waals surface area contributed by atoms with E-state index in [0.717, 1.165) is 12.0 Å². The average Bonchev–Trinajstić information content (AvgIpc) is 3.36. The molecule has 2 amide bonds. The number of thiophene rings is 1. The Bertz CT molecular complexity index is 1240. The number of methoxy groups -OCH3 is 1. The molecule has 188 valence electrons.